The van der Waals surface area contributed by atoms with E-state index in [1.165, 1.54) is 0 Å². The molecule has 1 N–H and O–H groups in total. The largest absolute Gasteiger partial charge is 0.494 e. The second-order valence-corrected chi connectivity index (χ2v) is 5.02. The molecular weight excluding hydrogens is 264 g/mol. The molecule has 2 aromatic rings. The molecule has 0 saturated carbocycles. The molecule has 0 aliphatic carbocycles. The Morgan fingerprint density at radius 2 is 2.05 bits per heavy atom. The molecule has 0 fully saturated rings. The van der Waals surface area contributed by atoms with Crippen LogP contribution in [0.3, 0.4) is 0 Å². The number of hydrogen-bond acceptors (Lipinski definition) is 3. The summed E-state index contributed by atoms with van der Waals surface area (Å²) in [5.41, 5.74) is 3.02. The Bertz CT molecular complexity index is 578. The Kier molecular flexibility index (Phi) is 5.39. The maximum absolute atomic E-state index is 10.5. The lowest BCUT2D eigenvalue weighted by molar-refractivity contribution is 0.175. The minimum absolute atomic E-state index is 0.544. The molecule has 114 valence electrons. The fraction of sp³-hybridized carbons (Fsp3) is 0.471. The SMILES string of the molecule is CCOc1cccc(C(O)Cc2cc(CC)nn2CC)c1. The monoisotopic (exact) mass is 288 g/mol. The van der Waals surface area contributed by atoms with Crippen molar-refractivity contribution in [2.24, 2.45) is 0 Å². The molecule has 0 bridgehead atoms. The number of hydrogen-bond donors (Lipinski definition) is 1. The lowest BCUT2D eigenvalue weighted by atomic mass is 10.0. The van der Waals surface area contributed by atoms with Crippen LogP contribution in [-0.4, -0.2) is 21.5 Å². The van der Waals surface area contributed by atoms with E-state index < -0.39 is 6.10 Å². The molecule has 0 saturated heterocycles. The third kappa shape index (κ3) is 3.85. The van der Waals surface area contributed by atoms with Gasteiger partial charge in [0.2, 0.25) is 0 Å². The average molecular weight is 288 g/mol. The summed E-state index contributed by atoms with van der Waals surface area (Å²) >= 11 is 0. The molecule has 2 rings (SSSR count). The first kappa shape index (κ1) is 15.6. The minimum Gasteiger partial charge on any atom is -0.494 e. The van der Waals surface area contributed by atoms with Crippen LogP contribution in [0.5, 0.6) is 5.75 Å². The first-order chi connectivity index (χ1) is 10.2. The van der Waals surface area contributed by atoms with Crippen LogP contribution in [0.1, 0.15) is 43.8 Å². The van der Waals surface area contributed by atoms with Crippen molar-refractivity contribution in [2.45, 2.75) is 46.3 Å². The van der Waals surface area contributed by atoms with Crippen molar-refractivity contribution in [3.63, 3.8) is 0 Å². The van der Waals surface area contributed by atoms with Crippen LogP contribution >= 0.6 is 0 Å². The normalized spacial score (nSPS) is 12.4. The topological polar surface area (TPSA) is 47.3 Å². The summed E-state index contributed by atoms with van der Waals surface area (Å²) in [7, 11) is 0. The zero-order valence-corrected chi connectivity index (χ0v) is 13.0. The van der Waals surface area contributed by atoms with Crippen LogP contribution in [0.25, 0.3) is 0 Å². The van der Waals surface area contributed by atoms with E-state index >= 15 is 0 Å². The van der Waals surface area contributed by atoms with Crippen molar-refractivity contribution in [1.29, 1.82) is 0 Å². The Labute approximate surface area is 126 Å². The van der Waals surface area contributed by atoms with E-state index in [1.807, 2.05) is 35.9 Å². The van der Waals surface area contributed by atoms with Gasteiger partial charge in [-0.15, -0.1) is 0 Å². The van der Waals surface area contributed by atoms with Crippen LogP contribution < -0.4 is 4.74 Å². The van der Waals surface area contributed by atoms with Gasteiger partial charge in [-0.3, -0.25) is 4.68 Å². The standard InChI is InChI=1S/C17H24N2O2/c1-4-14-11-15(19(5-2)18-14)12-17(20)13-8-7-9-16(10-13)21-6-3/h7-11,17,20H,4-6,12H2,1-3H3. The predicted molar refractivity (Wildman–Crippen MR) is 83.6 cm³/mol. The van der Waals surface area contributed by atoms with E-state index in [4.69, 9.17) is 4.74 Å². The Morgan fingerprint density at radius 3 is 2.71 bits per heavy atom. The zero-order valence-electron chi connectivity index (χ0n) is 13.0. The van der Waals surface area contributed by atoms with Crippen LogP contribution in [0.4, 0.5) is 0 Å². The van der Waals surface area contributed by atoms with Crippen molar-refractivity contribution in [3.8, 4) is 5.75 Å². The molecule has 0 radical (unpaired) electrons. The molecule has 4 heteroatoms. The van der Waals surface area contributed by atoms with E-state index in [-0.39, 0.29) is 0 Å². The second-order valence-electron chi connectivity index (χ2n) is 5.02. The molecule has 1 heterocycles. The van der Waals surface area contributed by atoms with Gasteiger partial charge in [0.05, 0.1) is 18.4 Å². The molecule has 4 nitrogen and oxygen atoms in total. The van der Waals surface area contributed by atoms with Gasteiger partial charge in [-0.1, -0.05) is 19.1 Å². The number of aliphatic hydroxyl groups excluding tert-OH is 1. The number of benzene rings is 1. The van der Waals surface area contributed by atoms with Gasteiger partial charge in [0.1, 0.15) is 5.75 Å². The van der Waals surface area contributed by atoms with Gasteiger partial charge in [-0.05, 0) is 44.0 Å². The summed E-state index contributed by atoms with van der Waals surface area (Å²) in [6, 6.07) is 9.74. The molecule has 0 amide bonds. The van der Waals surface area contributed by atoms with Gasteiger partial charge >= 0.3 is 0 Å². The number of aliphatic hydroxyl groups is 1. The number of nitrogens with zero attached hydrogens (tertiary/aromatic N) is 2. The Balaban J connectivity index is 2.15. The molecule has 21 heavy (non-hydrogen) atoms. The first-order valence-corrected chi connectivity index (χ1v) is 7.64. The molecule has 1 atom stereocenters. The molecular formula is C17H24N2O2. The fourth-order valence-corrected chi connectivity index (χ4v) is 2.42. The summed E-state index contributed by atoms with van der Waals surface area (Å²) < 4.78 is 7.45. The second kappa shape index (κ2) is 7.27. The van der Waals surface area contributed by atoms with Crippen molar-refractivity contribution < 1.29 is 9.84 Å². The maximum atomic E-state index is 10.5. The summed E-state index contributed by atoms with van der Waals surface area (Å²) in [4.78, 5) is 0. The summed E-state index contributed by atoms with van der Waals surface area (Å²) in [6.07, 6.45) is 0.934. The molecule has 1 aromatic heterocycles. The number of aryl methyl sites for hydroxylation is 2. The highest BCUT2D eigenvalue weighted by Gasteiger charge is 2.14. The van der Waals surface area contributed by atoms with E-state index in [0.29, 0.717) is 13.0 Å². The summed E-state index contributed by atoms with van der Waals surface area (Å²) in [6.45, 7) is 7.56. The highest BCUT2D eigenvalue weighted by atomic mass is 16.5. The molecule has 0 spiro atoms. The molecule has 0 aliphatic rings. The molecule has 0 aliphatic heterocycles. The van der Waals surface area contributed by atoms with Crippen LogP contribution in [0, 0.1) is 0 Å². The Morgan fingerprint density at radius 1 is 1.24 bits per heavy atom. The van der Waals surface area contributed by atoms with Gasteiger partial charge in [-0.25, -0.2) is 0 Å². The first-order valence-electron chi connectivity index (χ1n) is 7.64. The quantitative estimate of drug-likeness (QED) is 0.851. The van der Waals surface area contributed by atoms with Crippen LogP contribution in [-0.2, 0) is 19.4 Å². The van der Waals surface area contributed by atoms with Gasteiger partial charge in [0, 0.05) is 18.7 Å². The van der Waals surface area contributed by atoms with E-state index in [9.17, 15) is 5.11 Å². The number of rotatable bonds is 7. The smallest absolute Gasteiger partial charge is 0.119 e. The maximum Gasteiger partial charge on any atom is 0.119 e. The summed E-state index contributed by atoms with van der Waals surface area (Å²) in [5, 5.41) is 15.0. The van der Waals surface area contributed by atoms with Gasteiger partial charge in [-0.2, -0.15) is 5.10 Å². The Hall–Kier alpha value is -1.81. The van der Waals surface area contributed by atoms with Crippen LogP contribution in [0.15, 0.2) is 30.3 Å². The van der Waals surface area contributed by atoms with Crippen LogP contribution in [0.2, 0.25) is 0 Å². The van der Waals surface area contributed by atoms with Crippen molar-refractivity contribution in [3.05, 3.63) is 47.3 Å². The van der Waals surface area contributed by atoms with Crippen molar-refractivity contribution >= 4 is 0 Å². The average Bonchev–Trinajstić information content (AvgIpc) is 2.90. The van der Waals surface area contributed by atoms with Crippen molar-refractivity contribution in [2.75, 3.05) is 6.61 Å². The summed E-state index contributed by atoms with van der Waals surface area (Å²) in [5.74, 6) is 0.798. The highest BCUT2D eigenvalue weighted by Crippen LogP contribution is 2.23. The lowest BCUT2D eigenvalue weighted by Gasteiger charge is -2.13. The highest BCUT2D eigenvalue weighted by molar-refractivity contribution is 5.30. The third-order valence-corrected chi connectivity index (χ3v) is 3.53. The molecule has 1 aromatic carbocycles. The van der Waals surface area contributed by atoms with E-state index in [0.717, 1.165) is 35.7 Å². The number of aromatic nitrogens is 2. The number of ether oxygens (including phenoxy) is 1. The fourth-order valence-electron chi connectivity index (χ4n) is 2.42. The predicted octanol–water partition coefficient (Wildman–Crippen LogP) is 3.14. The minimum atomic E-state index is -0.544. The third-order valence-electron chi connectivity index (χ3n) is 3.53. The zero-order chi connectivity index (χ0) is 15.2. The van der Waals surface area contributed by atoms with Crippen molar-refractivity contribution in [1.82, 2.24) is 9.78 Å². The van der Waals surface area contributed by atoms with Gasteiger partial charge < -0.3 is 9.84 Å². The van der Waals surface area contributed by atoms with Gasteiger partial charge in [0.15, 0.2) is 0 Å². The van der Waals surface area contributed by atoms with Gasteiger partial charge in [0.25, 0.3) is 0 Å². The van der Waals surface area contributed by atoms with E-state index in [2.05, 4.69) is 25.0 Å². The van der Waals surface area contributed by atoms with E-state index in [1.54, 1.807) is 0 Å². The molecule has 1 unspecified atom stereocenters. The lowest BCUT2D eigenvalue weighted by Crippen LogP contribution is -2.08.